The van der Waals surface area contributed by atoms with Crippen LogP contribution in [0.1, 0.15) is 12.5 Å². The number of ether oxygens (including phenoxy) is 1. The summed E-state index contributed by atoms with van der Waals surface area (Å²) in [6.45, 7) is 1.77. The Morgan fingerprint density at radius 1 is 1.25 bits per heavy atom. The standard InChI is InChI=1S/C16H19NO3/c1-12(17-2)10-15(19)11-14(18)7-4-13-5-8-16(20-3)9-6-13/h4-11,17-18H,1-3H3/b7-4+,12-10-,14-11-. The Hall–Kier alpha value is -2.49. The highest BCUT2D eigenvalue weighted by molar-refractivity contribution is 6.00. The Kier molecular flexibility index (Phi) is 6.10. The molecule has 0 bridgehead atoms. The topological polar surface area (TPSA) is 58.6 Å². The number of ketones is 1. The van der Waals surface area contributed by atoms with E-state index < -0.39 is 0 Å². The van der Waals surface area contributed by atoms with Gasteiger partial charge in [-0.3, -0.25) is 4.79 Å². The third-order valence-electron chi connectivity index (χ3n) is 2.61. The monoisotopic (exact) mass is 273 g/mol. The minimum absolute atomic E-state index is 0.0917. The van der Waals surface area contributed by atoms with Gasteiger partial charge in [-0.15, -0.1) is 0 Å². The number of hydrogen-bond acceptors (Lipinski definition) is 4. The lowest BCUT2D eigenvalue weighted by Gasteiger charge is -1.99. The molecule has 0 amide bonds. The Morgan fingerprint density at radius 2 is 1.90 bits per heavy atom. The molecular formula is C16H19NO3. The zero-order valence-electron chi connectivity index (χ0n) is 11.9. The number of allylic oxidation sites excluding steroid dienone is 4. The van der Waals surface area contributed by atoms with E-state index in [1.165, 1.54) is 18.2 Å². The van der Waals surface area contributed by atoms with E-state index in [-0.39, 0.29) is 11.5 Å². The first kappa shape index (κ1) is 15.6. The molecule has 0 fully saturated rings. The molecule has 0 spiro atoms. The highest BCUT2D eigenvalue weighted by atomic mass is 16.5. The quantitative estimate of drug-likeness (QED) is 0.475. The molecule has 1 aromatic rings. The molecule has 0 unspecified atom stereocenters. The number of benzene rings is 1. The molecule has 0 heterocycles. The van der Waals surface area contributed by atoms with Gasteiger partial charge in [0.15, 0.2) is 5.78 Å². The maximum atomic E-state index is 11.5. The lowest BCUT2D eigenvalue weighted by Crippen LogP contribution is -2.04. The first-order chi connectivity index (χ1) is 9.55. The second-order valence-corrected chi connectivity index (χ2v) is 4.16. The molecular weight excluding hydrogens is 254 g/mol. The Balaban J connectivity index is 2.70. The van der Waals surface area contributed by atoms with E-state index in [9.17, 15) is 9.90 Å². The summed E-state index contributed by atoms with van der Waals surface area (Å²) in [4.78, 5) is 11.5. The average molecular weight is 273 g/mol. The molecule has 0 saturated heterocycles. The Labute approximate surface area is 119 Å². The van der Waals surface area contributed by atoms with Gasteiger partial charge in [0.25, 0.3) is 0 Å². The molecule has 0 radical (unpaired) electrons. The second kappa shape index (κ2) is 7.84. The van der Waals surface area contributed by atoms with Crippen molar-refractivity contribution in [2.45, 2.75) is 6.92 Å². The number of nitrogens with one attached hydrogen (secondary N) is 1. The largest absolute Gasteiger partial charge is 0.508 e. The summed E-state index contributed by atoms with van der Waals surface area (Å²) >= 11 is 0. The lowest BCUT2D eigenvalue weighted by molar-refractivity contribution is -0.110. The van der Waals surface area contributed by atoms with Gasteiger partial charge in [0.1, 0.15) is 11.5 Å². The summed E-state index contributed by atoms with van der Waals surface area (Å²) in [5.41, 5.74) is 1.64. The number of methoxy groups -OCH3 is 1. The van der Waals surface area contributed by atoms with Crippen LogP contribution in [0.15, 0.2) is 53.9 Å². The zero-order chi connectivity index (χ0) is 15.0. The number of carbonyl (C=O) groups excluding carboxylic acids is 1. The van der Waals surface area contributed by atoms with E-state index in [1.54, 1.807) is 27.2 Å². The molecule has 0 aliphatic rings. The summed E-state index contributed by atoms with van der Waals surface area (Å²) in [5.74, 6) is 0.407. The van der Waals surface area contributed by atoms with Crippen LogP contribution in [0, 0.1) is 0 Å². The molecule has 2 N–H and O–H groups in total. The van der Waals surface area contributed by atoms with Crippen LogP contribution < -0.4 is 10.1 Å². The van der Waals surface area contributed by atoms with Crippen molar-refractivity contribution in [1.82, 2.24) is 5.32 Å². The summed E-state index contributed by atoms with van der Waals surface area (Å²) in [6.07, 6.45) is 5.77. The smallest absolute Gasteiger partial charge is 0.184 e. The SMILES string of the molecule is CN/C(C)=C\C(=O)/C=C(O)/C=C/c1ccc(OC)cc1. The Morgan fingerprint density at radius 3 is 2.45 bits per heavy atom. The number of aliphatic hydroxyl groups excluding tert-OH is 1. The minimum atomic E-state index is -0.270. The first-order valence-electron chi connectivity index (χ1n) is 6.18. The fourth-order valence-corrected chi connectivity index (χ4v) is 1.42. The van der Waals surface area contributed by atoms with Crippen LogP contribution >= 0.6 is 0 Å². The van der Waals surface area contributed by atoms with Crippen LogP contribution in [-0.4, -0.2) is 25.0 Å². The van der Waals surface area contributed by atoms with E-state index in [4.69, 9.17) is 4.74 Å². The maximum absolute atomic E-state index is 11.5. The van der Waals surface area contributed by atoms with Gasteiger partial charge in [-0.2, -0.15) is 0 Å². The summed E-state index contributed by atoms with van der Waals surface area (Å²) in [6, 6.07) is 7.36. The van der Waals surface area contributed by atoms with E-state index in [0.717, 1.165) is 17.0 Å². The highest BCUT2D eigenvalue weighted by Crippen LogP contribution is 2.12. The molecule has 106 valence electrons. The molecule has 20 heavy (non-hydrogen) atoms. The predicted octanol–water partition coefficient (Wildman–Crippen LogP) is 2.84. The van der Waals surface area contributed by atoms with Crippen LogP contribution in [-0.2, 0) is 4.79 Å². The van der Waals surface area contributed by atoms with Crippen LogP contribution in [0.4, 0.5) is 0 Å². The van der Waals surface area contributed by atoms with E-state index in [0.29, 0.717) is 0 Å². The van der Waals surface area contributed by atoms with Gasteiger partial charge in [0.2, 0.25) is 0 Å². The van der Waals surface area contributed by atoms with Crippen LogP contribution in [0.2, 0.25) is 0 Å². The van der Waals surface area contributed by atoms with Crippen molar-refractivity contribution in [3.63, 3.8) is 0 Å². The first-order valence-corrected chi connectivity index (χ1v) is 6.18. The van der Waals surface area contributed by atoms with Crippen LogP contribution in [0.5, 0.6) is 5.75 Å². The molecule has 0 atom stereocenters. The third kappa shape index (κ3) is 5.44. The van der Waals surface area contributed by atoms with Crippen molar-refractivity contribution in [2.75, 3.05) is 14.2 Å². The molecule has 0 aromatic heterocycles. The number of hydrogen-bond donors (Lipinski definition) is 2. The summed E-state index contributed by atoms with van der Waals surface area (Å²) in [5, 5.41) is 12.5. The van der Waals surface area contributed by atoms with Gasteiger partial charge in [0, 0.05) is 24.9 Å². The van der Waals surface area contributed by atoms with Crippen molar-refractivity contribution in [2.24, 2.45) is 0 Å². The molecule has 1 aromatic carbocycles. The fourth-order valence-electron chi connectivity index (χ4n) is 1.42. The van der Waals surface area contributed by atoms with Gasteiger partial charge in [0.05, 0.1) is 7.11 Å². The van der Waals surface area contributed by atoms with E-state index in [1.807, 2.05) is 24.3 Å². The van der Waals surface area contributed by atoms with Crippen molar-refractivity contribution >= 4 is 11.9 Å². The average Bonchev–Trinajstić information content (AvgIpc) is 2.45. The lowest BCUT2D eigenvalue weighted by atomic mass is 10.2. The minimum Gasteiger partial charge on any atom is -0.508 e. The second-order valence-electron chi connectivity index (χ2n) is 4.16. The summed E-state index contributed by atoms with van der Waals surface area (Å²) in [7, 11) is 3.33. The maximum Gasteiger partial charge on any atom is 0.184 e. The Bertz CT molecular complexity index is 539. The van der Waals surface area contributed by atoms with E-state index in [2.05, 4.69) is 5.32 Å². The number of rotatable bonds is 6. The van der Waals surface area contributed by atoms with Gasteiger partial charge < -0.3 is 15.2 Å². The predicted molar refractivity (Wildman–Crippen MR) is 80.6 cm³/mol. The van der Waals surface area contributed by atoms with Crippen molar-refractivity contribution in [3.05, 3.63) is 59.5 Å². The molecule has 0 saturated carbocycles. The number of carbonyl (C=O) groups is 1. The normalized spacial score (nSPS) is 12.6. The van der Waals surface area contributed by atoms with Crippen LogP contribution in [0.3, 0.4) is 0 Å². The van der Waals surface area contributed by atoms with Crippen LogP contribution in [0.25, 0.3) is 6.08 Å². The zero-order valence-corrected chi connectivity index (χ0v) is 11.9. The molecule has 4 nitrogen and oxygen atoms in total. The fraction of sp³-hybridized carbons (Fsp3) is 0.188. The molecule has 0 aliphatic carbocycles. The van der Waals surface area contributed by atoms with Gasteiger partial charge in [-0.25, -0.2) is 0 Å². The third-order valence-corrected chi connectivity index (χ3v) is 2.61. The highest BCUT2D eigenvalue weighted by Gasteiger charge is 1.96. The summed E-state index contributed by atoms with van der Waals surface area (Å²) < 4.78 is 5.05. The van der Waals surface area contributed by atoms with Crippen molar-refractivity contribution < 1.29 is 14.6 Å². The van der Waals surface area contributed by atoms with E-state index >= 15 is 0 Å². The molecule has 0 aliphatic heterocycles. The molecule has 4 heteroatoms. The van der Waals surface area contributed by atoms with Crippen molar-refractivity contribution in [1.29, 1.82) is 0 Å². The van der Waals surface area contributed by atoms with Gasteiger partial charge in [-0.1, -0.05) is 18.2 Å². The van der Waals surface area contributed by atoms with Crippen molar-refractivity contribution in [3.8, 4) is 5.75 Å². The molecule has 1 rings (SSSR count). The number of aliphatic hydroxyl groups is 1. The van der Waals surface area contributed by atoms with Gasteiger partial charge >= 0.3 is 0 Å². The van der Waals surface area contributed by atoms with Gasteiger partial charge in [-0.05, 0) is 30.7 Å².